The van der Waals surface area contributed by atoms with Crippen molar-refractivity contribution in [3.05, 3.63) is 21.1 Å². The van der Waals surface area contributed by atoms with Gasteiger partial charge in [0.15, 0.2) is 5.00 Å². The number of aliphatic hydroxyl groups excluding tert-OH is 1. The maximum atomic E-state index is 11.2. The molecule has 1 aliphatic heterocycles. The maximum Gasteiger partial charge on any atom is 0.304 e. The summed E-state index contributed by atoms with van der Waals surface area (Å²) in [6.45, 7) is 3.66. The highest BCUT2D eigenvalue weighted by atomic mass is 32.1. The lowest BCUT2D eigenvalue weighted by Crippen LogP contribution is -2.41. The van der Waals surface area contributed by atoms with Gasteiger partial charge in [0.25, 0.3) is 0 Å². The third-order valence-electron chi connectivity index (χ3n) is 3.88. The molecule has 1 fully saturated rings. The summed E-state index contributed by atoms with van der Waals surface area (Å²) in [5.41, 5.74) is 0.104. The SMILES string of the molecule is C[C@@H](O)c1cc([N+](=O)[O-])c(N(C)C2CCN(C)CC2)s1. The Morgan fingerprint density at radius 2 is 2.15 bits per heavy atom. The summed E-state index contributed by atoms with van der Waals surface area (Å²) in [6, 6.07) is 1.82. The predicted molar refractivity (Wildman–Crippen MR) is 80.5 cm³/mol. The van der Waals surface area contributed by atoms with E-state index in [-0.39, 0.29) is 10.6 Å². The minimum absolute atomic E-state index is 0.104. The van der Waals surface area contributed by atoms with Gasteiger partial charge in [0.1, 0.15) is 0 Å². The first-order valence-electron chi connectivity index (χ1n) is 6.77. The molecule has 0 spiro atoms. The number of anilines is 1. The Labute approximate surface area is 122 Å². The molecular formula is C13H21N3O3S. The smallest absolute Gasteiger partial charge is 0.304 e. The maximum absolute atomic E-state index is 11.2. The third-order valence-corrected chi connectivity index (χ3v) is 5.26. The Morgan fingerprint density at radius 3 is 2.65 bits per heavy atom. The highest BCUT2D eigenvalue weighted by molar-refractivity contribution is 7.16. The monoisotopic (exact) mass is 299 g/mol. The summed E-state index contributed by atoms with van der Waals surface area (Å²) in [5, 5.41) is 21.5. The van der Waals surface area contributed by atoms with Crippen LogP contribution in [0.3, 0.4) is 0 Å². The van der Waals surface area contributed by atoms with Gasteiger partial charge in [-0.3, -0.25) is 10.1 Å². The minimum Gasteiger partial charge on any atom is -0.388 e. The van der Waals surface area contributed by atoms with Crippen LogP contribution < -0.4 is 4.90 Å². The molecule has 0 unspecified atom stereocenters. The standard InChI is InChI=1S/C13H21N3O3S/c1-9(17)12-8-11(16(18)19)13(20-12)15(3)10-4-6-14(2)7-5-10/h8-10,17H,4-7H2,1-3H3/t9-/m1/s1. The van der Waals surface area contributed by atoms with E-state index in [0.717, 1.165) is 25.9 Å². The van der Waals surface area contributed by atoms with Crippen molar-refractivity contribution in [1.29, 1.82) is 0 Å². The van der Waals surface area contributed by atoms with E-state index < -0.39 is 6.10 Å². The molecule has 1 aromatic heterocycles. The van der Waals surface area contributed by atoms with Crippen LogP contribution in [0.5, 0.6) is 0 Å². The Morgan fingerprint density at radius 1 is 1.55 bits per heavy atom. The number of hydrogen-bond acceptors (Lipinski definition) is 6. The van der Waals surface area contributed by atoms with E-state index >= 15 is 0 Å². The molecule has 0 bridgehead atoms. The van der Waals surface area contributed by atoms with Crippen LogP contribution in [-0.2, 0) is 0 Å². The van der Waals surface area contributed by atoms with Crippen molar-refractivity contribution in [2.45, 2.75) is 31.9 Å². The molecule has 1 N–H and O–H groups in total. The molecule has 2 rings (SSSR count). The lowest BCUT2D eigenvalue weighted by atomic mass is 10.0. The van der Waals surface area contributed by atoms with Gasteiger partial charge in [-0.1, -0.05) is 0 Å². The summed E-state index contributed by atoms with van der Waals surface area (Å²) in [5.74, 6) is 0. The minimum atomic E-state index is -0.668. The number of thiophene rings is 1. The molecule has 1 aliphatic rings. The number of nitro groups is 1. The van der Waals surface area contributed by atoms with Crippen molar-refractivity contribution in [1.82, 2.24) is 4.90 Å². The van der Waals surface area contributed by atoms with Gasteiger partial charge >= 0.3 is 5.69 Å². The highest BCUT2D eigenvalue weighted by Crippen LogP contribution is 2.41. The lowest BCUT2D eigenvalue weighted by Gasteiger charge is -2.35. The average Bonchev–Trinajstić information content (AvgIpc) is 2.84. The van der Waals surface area contributed by atoms with Crippen molar-refractivity contribution in [2.24, 2.45) is 0 Å². The summed E-state index contributed by atoms with van der Waals surface area (Å²) < 4.78 is 0. The lowest BCUT2D eigenvalue weighted by molar-refractivity contribution is -0.383. The van der Waals surface area contributed by atoms with Gasteiger partial charge in [0.2, 0.25) is 0 Å². The molecule has 0 saturated carbocycles. The van der Waals surface area contributed by atoms with Crippen molar-refractivity contribution < 1.29 is 10.0 Å². The second kappa shape index (κ2) is 6.07. The first-order chi connectivity index (χ1) is 9.40. The van der Waals surface area contributed by atoms with Crippen LogP contribution >= 0.6 is 11.3 Å². The third kappa shape index (κ3) is 3.11. The van der Waals surface area contributed by atoms with E-state index in [4.69, 9.17) is 0 Å². The number of hydrogen-bond donors (Lipinski definition) is 1. The first kappa shape index (κ1) is 15.2. The van der Waals surface area contributed by atoms with E-state index in [1.54, 1.807) is 6.92 Å². The topological polar surface area (TPSA) is 69.8 Å². The number of nitrogens with zero attached hydrogens (tertiary/aromatic N) is 3. The van der Waals surface area contributed by atoms with Gasteiger partial charge in [0.05, 0.1) is 11.0 Å². The van der Waals surface area contributed by atoms with Crippen LogP contribution in [0, 0.1) is 10.1 Å². The summed E-state index contributed by atoms with van der Waals surface area (Å²) in [7, 11) is 4.01. The Hall–Kier alpha value is -1.18. The van der Waals surface area contributed by atoms with Crippen LogP contribution in [-0.4, -0.2) is 48.2 Å². The predicted octanol–water partition coefficient (Wildman–Crippen LogP) is 2.24. The second-order valence-electron chi connectivity index (χ2n) is 5.42. The molecule has 7 heteroatoms. The van der Waals surface area contributed by atoms with Gasteiger partial charge in [-0.15, -0.1) is 11.3 Å². The zero-order valence-corrected chi connectivity index (χ0v) is 12.9. The molecule has 1 aromatic rings. The Bertz CT molecular complexity index is 481. The average molecular weight is 299 g/mol. The first-order valence-corrected chi connectivity index (χ1v) is 7.59. The van der Waals surface area contributed by atoms with Gasteiger partial charge in [-0.2, -0.15) is 0 Å². The van der Waals surface area contributed by atoms with Gasteiger partial charge in [-0.25, -0.2) is 0 Å². The molecular weight excluding hydrogens is 278 g/mol. The van der Waals surface area contributed by atoms with Crippen molar-refractivity contribution in [3.8, 4) is 0 Å². The van der Waals surface area contributed by atoms with Gasteiger partial charge < -0.3 is 14.9 Å². The second-order valence-corrected chi connectivity index (χ2v) is 6.48. The molecule has 0 amide bonds. The zero-order chi connectivity index (χ0) is 14.9. The van der Waals surface area contributed by atoms with E-state index in [2.05, 4.69) is 11.9 Å². The normalized spacial score (nSPS) is 19.0. The number of aliphatic hydroxyl groups is 1. The van der Waals surface area contributed by atoms with E-state index in [1.807, 2.05) is 11.9 Å². The molecule has 0 aromatic carbocycles. The zero-order valence-electron chi connectivity index (χ0n) is 12.1. The van der Waals surface area contributed by atoms with Crippen LogP contribution in [0.15, 0.2) is 6.07 Å². The Kier molecular flexibility index (Phi) is 4.62. The molecule has 1 atom stereocenters. The highest BCUT2D eigenvalue weighted by Gasteiger charge is 2.29. The number of rotatable bonds is 4. The van der Waals surface area contributed by atoms with Crippen molar-refractivity contribution in [3.63, 3.8) is 0 Å². The van der Waals surface area contributed by atoms with E-state index in [0.29, 0.717) is 15.9 Å². The van der Waals surface area contributed by atoms with Crippen LogP contribution in [0.2, 0.25) is 0 Å². The fourth-order valence-corrected chi connectivity index (χ4v) is 3.62. The van der Waals surface area contributed by atoms with Crippen LogP contribution in [0.4, 0.5) is 10.7 Å². The van der Waals surface area contributed by atoms with Crippen LogP contribution in [0.1, 0.15) is 30.7 Å². The van der Waals surface area contributed by atoms with Gasteiger partial charge in [-0.05, 0) is 39.9 Å². The van der Waals surface area contributed by atoms with Crippen LogP contribution in [0.25, 0.3) is 0 Å². The fraction of sp³-hybridized carbons (Fsp3) is 0.692. The summed E-state index contributed by atoms with van der Waals surface area (Å²) in [6.07, 6.45) is 1.34. The number of likely N-dealkylation sites (tertiary alicyclic amines) is 1. The molecule has 6 nitrogen and oxygen atoms in total. The van der Waals surface area contributed by atoms with E-state index in [1.165, 1.54) is 17.4 Å². The van der Waals surface area contributed by atoms with Gasteiger partial charge in [0, 0.05) is 24.0 Å². The van der Waals surface area contributed by atoms with E-state index in [9.17, 15) is 15.2 Å². The molecule has 1 saturated heterocycles. The Balaban J connectivity index is 2.24. The quantitative estimate of drug-likeness (QED) is 0.682. The molecule has 112 valence electrons. The largest absolute Gasteiger partial charge is 0.388 e. The number of piperidine rings is 1. The fourth-order valence-electron chi connectivity index (χ4n) is 2.53. The summed E-state index contributed by atoms with van der Waals surface area (Å²) >= 11 is 1.32. The van der Waals surface area contributed by atoms with Crippen molar-refractivity contribution >= 4 is 22.0 Å². The molecule has 0 aliphatic carbocycles. The molecule has 20 heavy (non-hydrogen) atoms. The molecule has 2 heterocycles. The molecule has 0 radical (unpaired) electrons. The van der Waals surface area contributed by atoms with Crippen molar-refractivity contribution in [2.75, 3.05) is 32.1 Å². The summed E-state index contributed by atoms with van der Waals surface area (Å²) in [4.78, 5) is 15.8.